The van der Waals surface area contributed by atoms with Gasteiger partial charge in [0.2, 0.25) is 11.6 Å². The van der Waals surface area contributed by atoms with Gasteiger partial charge in [0.1, 0.15) is 0 Å². The van der Waals surface area contributed by atoms with Crippen LogP contribution in [0.5, 0.6) is 0 Å². The Balaban J connectivity index is 1.50. The van der Waals surface area contributed by atoms with Gasteiger partial charge in [-0.25, -0.2) is 14.5 Å². The molecule has 2 aromatic carbocycles. The first-order valence-electron chi connectivity index (χ1n) is 11.3. The Bertz CT molecular complexity index is 1830. The van der Waals surface area contributed by atoms with Crippen LogP contribution in [-0.4, -0.2) is 33.5 Å². The molecule has 0 aliphatic heterocycles. The molecule has 174 valence electrons. The third-order valence-corrected chi connectivity index (χ3v) is 7.11. The molecule has 8 nitrogen and oxygen atoms in total. The molecular weight excluding hydrogens is 458 g/mol. The second-order valence-corrected chi connectivity index (χ2v) is 9.74. The van der Waals surface area contributed by atoms with E-state index in [2.05, 4.69) is 21.2 Å². The summed E-state index contributed by atoms with van der Waals surface area (Å²) in [5.74, 6) is 1.78. The van der Waals surface area contributed by atoms with Crippen LogP contribution in [0.25, 0.3) is 28.1 Å². The van der Waals surface area contributed by atoms with Crippen LogP contribution in [0.15, 0.2) is 64.7 Å². The number of benzene rings is 2. The van der Waals surface area contributed by atoms with Gasteiger partial charge in [0.05, 0.1) is 22.3 Å². The normalized spacial score (nSPS) is 11.8. The molecule has 35 heavy (non-hydrogen) atoms. The Morgan fingerprint density at radius 3 is 2.60 bits per heavy atom. The monoisotopic (exact) mass is 481 g/mol. The summed E-state index contributed by atoms with van der Waals surface area (Å²) in [6, 6.07) is 15.7. The van der Waals surface area contributed by atoms with E-state index < -0.39 is 0 Å². The van der Waals surface area contributed by atoms with Gasteiger partial charge in [0, 0.05) is 23.3 Å². The van der Waals surface area contributed by atoms with Crippen LogP contribution in [0.2, 0.25) is 0 Å². The lowest BCUT2D eigenvalue weighted by atomic mass is 10.1. The molecule has 0 atom stereocenters. The van der Waals surface area contributed by atoms with E-state index in [9.17, 15) is 4.79 Å². The number of aromatic nitrogens is 7. The topological polar surface area (TPSA) is 82.4 Å². The van der Waals surface area contributed by atoms with Crippen molar-refractivity contribution in [2.75, 3.05) is 0 Å². The van der Waals surface area contributed by atoms with Crippen molar-refractivity contribution in [2.45, 2.75) is 38.6 Å². The maximum Gasteiger partial charge on any atom is 0.267 e. The largest absolute Gasteiger partial charge is 0.288 e. The maximum absolute atomic E-state index is 13.6. The highest BCUT2D eigenvalue weighted by Crippen LogP contribution is 2.26. The Hall–Kier alpha value is -3.98. The molecule has 0 N–H and O–H groups in total. The number of aryl methyl sites for hydroxylation is 4. The lowest BCUT2D eigenvalue weighted by Crippen LogP contribution is -2.22. The number of thioether (sulfide) groups is 1. The molecule has 0 bridgehead atoms. The minimum absolute atomic E-state index is 0.110. The number of fused-ring (bicyclic) bond motifs is 4. The Kier molecular flexibility index (Phi) is 4.96. The molecule has 0 fully saturated rings. The van der Waals surface area contributed by atoms with Crippen LogP contribution in [0.3, 0.4) is 0 Å². The maximum atomic E-state index is 13.6. The van der Waals surface area contributed by atoms with Crippen LogP contribution < -0.4 is 5.56 Å². The molecule has 6 rings (SSSR count). The average molecular weight is 482 g/mol. The molecule has 0 radical (unpaired) electrons. The zero-order chi connectivity index (χ0) is 24.3. The number of imidazole rings is 1. The number of para-hydroxylation sites is 1. The van der Waals surface area contributed by atoms with Gasteiger partial charge in [-0.05, 0) is 57.5 Å². The van der Waals surface area contributed by atoms with Gasteiger partial charge in [-0.3, -0.25) is 13.6 Å². The second-order valence-electron chi connectivity index (χ2n) is 8.80. The lowest BCUT2D eigenvalue weighted by molar-refractivity contribution is 0.927. The van der Waals surface area contributed by atoms with Gasteiger partial charge in [-0.15, -0.1) is 10.2 Å². The summed E-state index contributed by atoms with van der Waals surface area (Å²) in [4.78, 5) is 22.8. The fourth-order valence-corrected chi connectivity index (χ4v) is 5.40. The predicted molar refractivity (Wildman–Crippen MR) is 138 cm³/mol. The van der Waals surface area contributed by atoms with Crippen molar-refractivity contribution in [1.29, 1.82) is 0 Å². The lowest BCUT2D eigenvalue weighted by Gasteiger charge is -2.13. The zero-order valence-electron chi connectivity index (χ0n) is 19.9. The quantitative estimate of drug-likeness (QED) is 0.342. The summed E-state index contributed by atoms with van der Waals surface area (Å²) in [7, 11) is 0. The van der Waals surface area contributed by atoms with Gasteiger partial charge in [-0.1, -0.05) is 41.6 Å². The minimum Gasteiger partial charge on any atom is -0.288 e. The van der Waals surface area contributed by atoms with E-state index in [4.69, 9.17) is 4.98 Å². The molecular formula is C26H23N7OS. The van der Waals surface area contributed by atoms with Gasteiger partial charge < -0.3 is 0 Å². The van der Waals surface area contributed by atoms with E-state index in [1.54, 1.807) is 4.57 Å². The highest BCUT2D eigenvalue weighted by molar-refractivity contribution is 7.98. The number of hydrogen-bond donors (Lipinski definition) is 0. The standard InChI is InChI=1S/C26H23N7OS/c1-15-9-10-21(16(2)11-15)32-23(34)20-7-5-6-8-22(20)33-25(32)29-30-26(33)35-14-19-13-31-18(4)12-17(3)27-24(31)28-19/h5-13H,14H2,1-4H3. The Labute approximate surface area is 205 Å². The van der Waals surface area contributed by atoms with E-state index >= 15 is 0 Å². The molecule has 0 saturated heterocycles. The van der Waals surface area contributed by atoms with Crippen molar-refractivity contribution in [3.8, 4) is 5.69 Å². The first-order valence-corrected chi connectivity index (χ1v) is 12.3. The molecule has 0 spiro atoms. The van der Waals surface area contributed by atoms with Crippen molar-refractivity contribution in [2.24, 2.45) is 0 Å². The first-order chi connectivity index (χ1) is 16.9. The van der Waals surface area contributed by atoms with Crippen LogP contribution in [-0.2, 0) is 5.75 Å². The zero-order valence-corrected chi connectivity index (χ0v) is 20.7. The van der Waals surface area contributed by atoms with Crippen molar-refractivity contribution < 1.29 is 0 Å². The third-order valence-electron chi connectivity index (χ3n) is 6.15. The summed E-state index contributed by atoms with van der Waals surface area (Å²) in [6.45, 7) is 8.07. The number of rotatable bonds is 4. The molecule has 9 heteroatoms. The molecule has 0 saturated carbocycles. The molecule has 4 heterocycles. The Morgan fingerprint density at radius 2 is 1.77 bits per heavy atom. The molecule has 4 aromatic heterocycles. The van der Waals surface area contributed by atoms with Crippen LogP contribution in [0, 0.1) is 27.7 Å². The van der Waals surface area contributed by atoms with Crippen molar-refractivity contribution >= 4 is 34.2 Å². The average Bonchev–Trinajstić information content (AvgIpc) is 3.43. The van der Waals surface area contributed by atoms with E-state index in [-0.39, 0.29) is 5.56 Å². The summed E-state index contributed by atoms with van der Waals surface area (Å²) < 4.78 is 5.62. The number of nitrogens with zero attached hydrogens (tertiary/aromatic N) is 7. The smallest absolute Gasteiger partial charge is 0.267 e. The number of hydrogen-bond acceptors (Lipinski definition) is 6. The summed E-state index contributed by atoms with van der Waals surface area (Å²) >= 11 is 1.54. The molecule has 0 unspecified atom stereocenters. The first kappa shape index (κ1) is 21.5. The third kappa shape index (κ3) is 3.50. The second kappa shape index (κ2) is 8.06. The van der Waals surface area contributed by atoms with Gasteiger partial charge in [0.25, 0.3) is 5.56 Å². The van der Waals surface area contributed by atoms with Crippen LogP contribution in [0.4, 0.5) is 0 Å². The van der Waals surface area contributed by atoms with Crippen molar-refractivity contribution in [3.05, 3.63) is 93.3 Å². The van der Waals surface area contributed by atoms with Crippen molar-refractivity contribution in [3.63, 3.8) is 0 Å². The van der Waals surface area contributed by atoms with Gasteiger partial charge in [0.15, 0.2) is 5.16 Å². The summed E-state index contributed by atoms with van der Waals surface area (Å²) in [5.41, 5.74) is 6.56. The van der Waals surface area contributed by atoms with Gasteiger partial charge >= 0.3 is 0 Å². The predicted octanol–water partition coefficient (Wildman–Crippen LogP) is 4.60. The van der Waals surface area contributed by atoms with E-state index in [1.807, 2.05) is 85.2 Å². The van der Waals surface area contributed by atoms with Gasteiger partial charge in [-0.2, -0.15) is 0 Å². The molecule has 0 amide bonds. The molecule has 6 aromatic rings. The van der Waals surface area contributed by atoms with Crippen LogP contribution >= 0.6 is 11.8 Å². The van der Waals surface area contributed by atoms with Crippen LogP contribution in [0.1, 0.15) is 28.2 Å². The fraction of sp³-hybridized carbons (Fsp3) is 0.192. The van der Waals surface area contributed by atoms with E-state index in [0.717, 1.165) is 39.4 Å². The van der Waals surface area contributed by atoms with E-state index in [1.165, 1.54) is 11.8 Å². The SMILES string of the molecule is Cc1ccc(-n2c(=O)c3ccccc3n3c(SCc4cn5c(C)cc(C)nc5n4)nnc23)c(C)c1. The highest BCUT2D eigenvalue weighted by Gasteiger charge is 2.19. The minimum atomic E-state index is -0.110. The molecule has 0 aliphatic rings. The highest BCUT2D eigenvalue weighted by atomic mass is 32.2. The van der Waals surface area contributed by atoms with E-state index in [0.29, 0.717) is 27.9 Å². The summed E-state index contributed by atoms with van der Waals surface area (Å²) in [6.07, 6.45) is 2.01. The van der Waals surface area contributed by atoms with Crippen molar-refractivity contribution in [1.82, 2.24) is 33.5 Å². The fourth-order valence-electron chi connectivity index (χ4n) is 4.57. The summed E-state index contributed by atoms with van der Waals surface area (Å²) in [5, 5.41) is 10.3. The molecule has 0 aliphatic carbocycles. The Morgan fingerprint density at radius 1 is 0.943 bits per heavy atom.